The molecule has 1 rings (SSSR count). The van der Waals surface area contributed by atoms with E-state index in [1.165, 1.54) is 13.4 Å². The van der Waals surface area contributed by atoms with Crippen LogP contribution in [0.15, 0.2) is 28.4 Å². The Kier molecular flexibility index (Phi) is 3.08. The van der Waals surface area contributed by atoms with Crippen LogP contribution in [0, 0.1) is 11.3 Å². The van der Waals surface area contributed by atoms with E-state index in [0.717, 1.165) is 0 Å². The second kappa shape index (κ2) is 4.28. The molecule has 4 heteroatoms. The van der Waals surface area contributed by atoms with Gasteiger partial charge in [-0.15, -0.1) is 0 Å². The number of hydrogen-bond acceptors (Lipinski definition) is 4. The van der Waals surface area contributed by atoms with Crippen molar-refractivity contribution < 1.29 is 13.9 Å². The molecule has 0 N–H and O–H groups in total. The van der Waals surface area contributed by atoms with Gasteiger partial charge < -0.3 is 9.15 Å². The van der Waals surface area contributed by atoms with Crippen LogP contribution in [-0.4, -0.2) is 13.1 Å². The maximum Gasteiger partial charge on any atom is 0.349 e. The largest absolute Gasteiger partial charge is 0.465 e. The number of rotatable bonds is 2. The fraction of sp³-hybridized carbons (Fsp3) is 0.200. The van der Waals surface area contributed by atoms with Crippen molar-refractivity contribution in [1.29, 1.82) is 5.26 Å². The molecule has 0 bridgehead atoms. The minimum Gasteiger partial charge on any atom is -0.465 e. The molecule has 0 atom stereocenters. The molecule has 0 amide bonds. The van der Waals surface area contributed by atoms with Crippen molar-refractivity contribution in [2.75, 3.05) is 7.11 Å². The highest BCUT2D eigenvalue weighted by atomic mass is 16.5. The lowest BCUT2D eigenvalue weighted by Crippen LogP contribution is -2.04. The number of ether oxygens (including phenoxy) is 1. The van der Waals surface area contributed by atoms with Gasteiger partial charge in [0.1, 0.15) is 17.4 Å². The Morgan fingerprint density at radius 2 is 2.36 bits per heavy atom. The molecule has 1 heterocycles. The average molecular weight is 191 g/mol. The van der Waals surface area contributed by atoms with Crippen LogP contribution >= 0.6 is 0 Å². The van der Waals surface area contributed by atoms with Gasteiger partial charge in [-0.25, -0.2) is 4.79 Å². The van der Waals surface area contributed by atoms with Crippen molar-refractivity contribution >= 4 is 11.5 Å². The first-order valence-corrected chi connectivity index (χ1v) is 3.94. The lowest BCUT2D eigenvalue weighted by Gasteiger charge is -2.00. The molecule has 14 heavy (non-hydrogen) atoms. The molecule has 0 unspecified atom stereocenters. The highest BCUT2D eigenvalue weighted by molar-refractivity contribution is 6.00. The van der Waals surface area contributed by atoms with Gasteiger partial charge in [0.15, 0.2) is 0 Å². The highest BCUT2D eigenvalue weighted by Crippen LogP contribution is 2.18. The zero-order chi connectivity index (χ0) is 10.6. The van der Waals surface area contributed by atoms with E-state index in [2.05, 4.69) is 4.74 Å². The molecule has 0 aromatic carbocycles. The Bertz CT molecular complexity index is 396. The van der Waals surface area contributed by atoms with E-state index >= 15 is 0 Å². The number of nitriles is 1. The molecule has 0 aliphatic carbocycles. The fourth-order valence-corrected chi connectivity index (χ4v) is 1.000. The van der Waals surface area contributed by atoms with Crippen molar-refractivity contribution in [2.24, 2.45) is 0 Å². The molecule has 0 aliphatic heterocycles. The van der Waals surface area contributed by atoms with E-state index in [1.54, 1.807) is 25.1 Å². The predicted octanol–water partition coefficient (Wildman–Crippen LogP) is 1.75. The molecule has 1 aromatic rings. The monoisotopic (exact) mass is 191 g/mol. The summed E-state index contributed by atoms with van der Waals surface area (Å²) >= 11 is 0. The summed E-state index contributed by atoms with van der Waals surface area (Å²) in [6.45, 7) is 1.63. The normalized spacial score (nSPS) is 11.5. The zero-order valence-electron chi connectivity index (χ0n) is 7.90. The van der Waals surface area contributed by atoms with Gasteiger partial charge >= 0.3 is 5.97 Å². The number of nitrogens with zero attached hydrogens (tertiary/aromatic N) is 1. The van der Waals surface area contributed by atoms with Gasteiger partial charge in [0.2, 0.25) is 0 Å². The maximum absolute atomic E-state index is 11.1. The molecule has 0 saturated heterocycles. The lowest BCUT2D eigenvalue weighted by molar-refractivity contribution is -0.135. The van der Waals surface area contributed by atoms with Gasteiger partial charge in [-0.3, -0.25) is 0 Å². The summed E-state index contributed by atoms with van der Waals surface area (Å²) in [5.41, 5.74) is 0.437. The summed E-state index contributed by atoms with van der Waals surface area (Å²) in [5.74, 6) is -0.159. The summed E-state index contributed by atoms with van der Waals surface area (Å²) in [5, 5.41) is 8.75. The summed E-state index contributed by atoms with van der Waals surface area (Å²) in [7, 11) is 1.23. The maximum atomic E-state index is 11.1. The van der Waals surface area contributed by atoms with Crippen molar-refractivity contribution in [3.8, 4) is 6.07 Å². The molecular weight excluding hydrogens is 182 g/mol. The molecule has 4 nitrogen and oxygen atoms in total. The molecule has 0 saturated carbocycles. The third-order valence-corrected chi connectivity index (χ3v) is 1.77. The van der Waals surface area contributed by atoms with E-state index in [4.69, 9.17) is 9.68 Å². The average Bonchev–Trinajstić information content (AvgIpc) is 2.71. The van der Waals surface area contributed by atoms with Crippen LogP contribution in [0.3, 0.4) is 0 Å². The SMILES string of the molecule is COC(=O)/C(C#N)=C(/C)c1ccco1. The van der Waals surface area contributed by atoms with Crippen LogP contribution < -0.4 is 0 Å². The quantitative estimate of drug-likeness (QED) is 0.406. The van der Waals surface area contributed by atoms with Crippen LogP contribution in [-0.2, 0) is 9.53 Å². The van der Waals surface area contributed by atoms with Gasteiger partial charge in [0, 0.05) is 5.57 Å². The fourth-order valence-electron chi connectivity index (χ4n) is 1.000. The minimum absolute atomic E-state index is 0.0394. The number of hydrogen-bond donors (Lipinski definition) is 0. The summed E-state index contributed by atoms with van der Waals surface area (Å²) in [6.07, 6.45) is 1.48. The smallest absolute Gasteiger partial charge is 0.349 e. The Morgan fingerprint density at radius 1 is 1.64 bits per heavy atom. The summed E-state index contributed by atoms with van der Waals surface area (Å²) in [6, 6.07) is 5.15. The highest BCUT2D eigenvalue weighted by Gasteiger charge is 2.15. The van der Waals surface area contributed by atoms with Crippen LogP contribution in [0.5, 0.6) is 0 Å². The van der Waals surface area contributed by atoms with Crippen molar-refractivity contribution in [3.63, 3.8) is 0 Å². The Morgan fingerprint density at radius 3 is 2.79 bits per heavy atom. The number of methoxy groups -OCH3 is 1. The van der Waals surface area contributed by atoms with E-state index in [9.17, 15) is 4.79 Å². The van der Waals surface area contributed by atoms with E-state index in [-0.39, 0.29) is 5.57 Å². The van der Waals surface area contributed by atoms with Crippen molar-refractivity contribution in [3.05, 3.63) is 29.7 Å². The third kappa shape index (κ3) is 1.83. The first-order valence-electron chi connectivity index (χ1n) is 3.94. The first kappa shape index (κ1) is 10.1. The van der Waals surface area contributed by atoms with Gasteiger partial charge in [0.25, 0.3) is 0 Å². The standard InChI is InChI=1S/C10H9NO3/c1-7(9-4-3-5-14-9)8(6-11)10(12)13-2/h3-5H,1-2H3/b8-7-. The second-order valence-electron chi connectivity index (χ2n) is 2.58. The van der Waals surface area contributed by atoms with Gasteiger partial charge in [-0.2, -0.15) is 5.26 Å². The predicted molar refractivity (Wildman–Crippen MR) is 48.9 cm³/mol. The second-order valence-corrected chi connectivity index (χ2v) is 2.58. The van der Waals surface area contributed by atoms with Crippen LogP contribution in [0.25, 0.3) is 5.57 Å². The molecule has 0 spiro atoms. The topological polar surface area (TPSA) is 63.2 Å². The minimum atomic E-state index is -0.651. The Hall–Kier alpha value is -2.02. The third-order valence-electron chi connectivity index (χ3n) is 1.77. The summed E-state index contributed by atoms with van der Waals surface area (Å²) < 4.78 is 9.52. The number of esters is 1. The Labute approximate surface area is 81.4 Å². The van der Waals surface area contributed by atoms with E-state index in [0.29, 0.717) is 11.3 Å². The number of allylic oxidation sites excluding steroid dienone is 1. The van der Waals surface area contributed by atoms with Gasteiger partial charge in [0.05, 0.1) is 13.4 Å². The van der Waals surface area contributed by atoms with Gasteiger partial charge in [-0.05, 0) is 19.1 Å². The molecule has 0 aliphatic rings. The van der Waals surface area contributed by atoms with Crippen LogP contribution in [0.1, 0.15) is 12.7 Å². The van der Waals surface area contributed by atoms with E-state index < -0.39 is 5.97 Å². The molecule has 0 fully saturated rings. The molecular formula is C10H9NO3. The zero-order valence-corrected chi connectivity index (χ0v) is 7.90. The molecule has 1 aromatic heterocycles. The number of furan rings is 1. The molecule has 0 radical (unpaired) electrons. The Balaban J connectivity index is 3.15. The van der Waals surface area contributed by atoms with Crippen LogP contribution in [0.4, 0.5) is 0 Å². The van der Waals surface area contributed by atoms with E-state index in [1.807, 2.05) is 0 Å². The first-order chi connectivity index (χ1) is 6.70. The number of carbonyl (C=O) groups is 1. The van der Waals surface area contributed by atoms with Gasteiger partial charge in [-0.1, -0.05) is 0 Å². The van der Waals surface area contributed by atoms with Crippen LogP contribution in [0.2, 0.25) is 0 Å². The lowest BCUT2D eigenvalue weighted by atomic mass is 10.1. The van der Waals surface area contributed by atoms with Crippen molar-refractivity contribution in [1.82, 2.24) is 0 Å². The summed E-state index contributed by atoms with van der Waals surface area (Å²) in [4.78, 5) is 11.1. The number of carbonyl (C=O) groups excluding carboxylic acids is 1. The van der Waals surface area contributed by atoms with Crippen molar-refractivity contribution in [2.45, 2.75) is 6.92 Å². The molecule has 72 valence electrons.